The standard InChI is InChI=1S/C16H24N2O/c1-11(17)15(19)18-10-12-8-9-16(2,3)14-7-5-4-6-13(12)14/h4-7,11-12H,8-10,17H2,1-3H3,(H,18,19). The van der Waals surface area contributed by atoms with Crippen LogP contribution >= 0.6 is 0 Å². The highest BCUT2D eigenvalue weighted by molar-refractivity contribution is 5.81. The third kappa shape index (κ3) is 2.98. The summed E-state index contributed by atoms with van der Waals surface area (Å²) in [4.78, 5) is 11.6. The molecule has 19 heavy (non-hydrogen) atoms. The summed E-state index contributed by atoms with van der Waals surface area (Å²) in [5.41, 5.74) is 8.61. The van der Waals surface area contributed by atoms with Crippen molar-refractivity contribution < 1.29 is 4.79 Å². The van der Waals surface area contributed by atoms with Crippen LogP contribution in [0.2, 0.25) is 0 Å². The molecule has 0 bridgehead atoms. The molecule has 1 aromatic rings. The van der Waals surface area contributed by atoms with Gasteiger partial charge >= 0.3 is 0 Å². The van der Waals surface area contributed by atoms with E-state index >= 15 is 0 Å². The van der Waals surface area contributed by atoms with Crippen molar-refractivity contribution in [2.45, 2.75) is 51.0 Å². The molecule has 0 radical (unpaired) electrons. The molecule has 0 fully saturated rings. The van der Waals surface area contributed by atoms with E-state index in [1.54, 1.807) is 6.92 Å². The maximum absolute atomic E-state index is 11.6. The number of hydrogen-bond donors (Lipinski definition) is 2. The molecule has 104 valence electrons. The highest BCUT2D eigenvalue weighted by Gasteiger charge is 2.32. The van der Waals surface area contributed by atoms with E-state index in [2.05, 4.69) is 43.4 Å². The summed E-state index contributed by atoms with van der Waals surface area (Å²) in [5.74, 6) is 0.342. The van der Waals surface area contributed by atoms with Crippen LogP contribution in [0.25, 0.3) is 0 Å². The summed E-state index contributed by atoms with van der Waals surface area (Å²) in [6.07, 6.45) is 2.27. The van der Waals surface area contributed by atoms with Crippen LogP contribution in [0, 0.1) is 0 Å². The molecule has 1 aliphatic carbocycles. The third-order valence-corrected chi connectivity index (χ3v) is 4.18. The number of carbonyl (C=O) groups is 1. The minimum absolute atomic E-state index is 0.0673. The van der Waals surface area contributed by atoms with E-state index in [1.807, 2.05) is 0 Å². The molecule has 1 amide bonds. The average molecular weight is 260 g/mol. The molecule has 3 N–H and O–H groups in total. The fourth-order valence-electron chi connectivity index (χ4n) is 2.89. The molecule has 3 heteroatoms. The molecule has 3 nitrogen and oxygen atoms in total. The van der Waals surface area contributed by atoms with Gasteiger partial charge in [-0.2, -0.15) is 0 Å². The maximum Gasteiger partial charge on any atom is 0.236 e. The van der Waals surface area contributed by atoms with Crippen LogP contribution in [0.15, 0.2) is 24.3 Å². The first-order valence-corrected chi connectivity index (χ1v) is 7.04. The lowest BCUT2D eigenvalue weighted by atomic mass is 9.69. The highest BCUT2D eigenvalue weighted by Crippen LogP contribution is 2.42. The Labute approximate surface area is 115 Å². The molecular formula is C16H24N2O. The van der Waals surface area contributed by atoms with Gasteiger partial charge in [0, 0.05) is 12.5 Å². The first-order valence-electron chi connectivity index (χ1n) is 7.04. The molecule has 2 rings (SSSR count). The van der Waals surface area contributed by atoms with E-state index in [0.717, 1.165) is 12.8 Å². The predicted molar refractivity (Wildman–Crippen MR) is 78.1 cm³/mol. The van der Waals surface area contributed by atoms with Crippen LogP contribution in [-0.2, 0) is 10.2 Å². The van der Waals surface area contributed by atoms with Crippen LogP contribution < -0.4 is 11.1 Å². The number of nitrogens with one attached hydrogen (secondary N) is 1. The zero-order valence-corrected chi connectivity index (χ0v) is 12.1. The number of hydrogen-bond acceptors (Lipinski definition) is 2. The minimum Gasteiger partial charge on any atom is -0.354 e. The van der Waals surface area contributed by atoms with E-state index in [-0.39, 0.29) is 11.3 Å². The molecule has 0 saturated heterocycles. The highest BCUT2D eigenvalue weighted by atomic mass is 16.2. The molecule has 0 aliphatic heterocycles. The van der Waals surface area contributed by atoms with Crippen molar-refractivity contribution in [3.05, 3.63) is 35.4 Å². The SMILES string of the molecule is CC(N)C(=O)NCC1CCC(C)(C)c2ccccc21. The van der Waals surface area contributed by atoms with Gasteiger partial charge in [-0.15, -0.1) is 0 Å². The zero-order valence-electron chi connectivity index (χ0n) is 12.1. The number of nitrogens with two attached hydrogens (primary N) is 1. The van der Waals surface area contributed by atoms with Crippen LogP contribution in [0.4, 0.5) is 0 Å². The number of rotatable bonds is 3. The van der Waals surface area contributed by atoms with Gasteiger partial charge in [-0.3, -0.25) is 4.79 Å². The zero-order chi connectivity index (χ0) is 14.0. The van der Waals surface area contributed by atoms with Crippen molar-refractivity contribution in [2.24, 2.45) is 5.73 Å². The van der Waals surface area contributed by atoms with Gasteiger partial charge in [0.25, 0.3) is 0 Å². The Hall–Kier alpha value is -1.35. The maximum atomic E-state index is 11.6. The minimum atomic E-state index is -0.435. The third-order valence-electron chi connectivity index (χ3n) is 4.18. The second-order valence-corrected chi connectivity index (χ2v) is 6.24. The monoisotopic (exact) mass is 260 g/mol. The van der Waals surface area contributed by atoms with Crippen molar-refractivity contribution in [3.8, 4) is 0 Å². The summed E-state index contributed by atoms with van der Waals surface area (Å²) >= 11 is 0. The quantitative estimate of drug-likeness (QED) is 0.876. The average Bonchev–Trinajstić information content (AvgIpc) is 2.37. The van der Waals surface area contributed by atoms with Crippen molar-refractivity contribution in [2.75, 3.05) is 6.54 Å². The van der Waals surface area contributed by atoms with Gasteiger partial charge in [0.05, 0.1) is 6.04 Å². The number of benzene rings is 1. The molecule has 1 aromatic carbocycles. The van der Waals surface area contributed by atoms with E-state index < -0.39 is 6.04 Å². The second kappa shape index (κ2) is 5.33. The Bertz CT molecular complexity index is 466. The first kappa shape index (κ1) is 14.1. The Balaban J connectivity index is 2.14. The Morgan fingerprint density at radius 3 is 2.84 bits per heavy atom. The van der Waals surface area contributed by atoms with Gasteiger partial charge in [-0.25, -0.2) is 0 Å². The van der Waals surface area contributed by atoms with Crippen molar-refractivity contribution in [1.29, 1.82) is 0 Å². The summed E-state index contributed by atoms with van der Waals surface area (Å²) in [7, 11) is 0. The Kier molecular flexibility index (Phi) is 3.95. The van der Waals surface area contributed by atoms with Gasteiger partial charge in [-0.05, 0) is 36.3 Å². The molecular weight excluding hydrogens is 236 g/mol. The lowest BCUT2D eigenvalue weighted by Crippen LogP contribution is -2.41. The lowest BCUT2D eigenvalue weighted by molar-refractivity contribution is -0.122. The molecule has 0 saturated carbocycles. The molecule has 0 heterocycles. The Morgan fingerprint density at radius 1 is 1.47 bits per heavy atom. The van der Waals surface area contributed by atoms with Gasteiger partial charge < -0.3 is 11.1 Å². The Morgan fingerprint density at radius 2 is 2.16 bits per heavy atom. The van der Waals surface area contributed by atoms with Crippen LogP contribution in [0.3, 0.4) is 0 Å². The fraction of sp³-hybridized carbons (Fsp3) is 0.562. The number of carbonyl (C=O) groups excluding carboxylic acids is 1. The van der Waals surface area contributed by atoms with Crippen LogP contribution in [0.5, 0.6) is 0 Å². The van der Waals surface area contributed by atoms with Crippen molar-refractivity contribution >= 4 is 5.91 Å². The second-order valence-electron chi connectivity index (χ2n) is 6.24. The molecule has 2 atom stereocenters. The molecule has 2 unspecified atom stereocenters. The van der Waals surface area contributed by atoms with Gasteiger partial charge in [0.1, 0.15) is 0 Å². The first-order chi connectivity index (χ1) is 8.92. The van der Waals surface area contributed by atoms with Gasteiger partial charge in [0.2, 0.25) is 5.91 Å². The normalized spacial score (nSPS) is 22.4. The van der Waals surface area contributed by atoms with Gasteiger partial charge in [-0.1, -0.05) is 38.1 Å². The lowest BCUT2D eigenvalue weighted by Gasteiger charge is -2.37. The smallest absolute Gasteiger partial charge is 0.236 e. The molecule has 1 aliphatic rings. The van der Waals surface area contributed by atoms with Crippen molar-refractivity contribution in [3.63, 3.8) is 0 Å². The van der Waals surface area contributed by atoms with E-state index in [1.165, 1.54) is 11.1 Å². The largest absolute Gasteiger partial charge is 0.354 e. The van der Waals surface area contributed by atoms with Crippen LogP contribution in [0.1, 0.15) is 50.7 Å². The number of fused-ring (bicyclic) bond motifs is 1. The van der Waals surface area contributed by atoms with E-state index in [0.29, 0.717) is 12.5 Å². The predicted octanol–water partition coefficient (Wildman–Crippen LogP) is 2.30. The topological polar surface area (TPSA) is 55.1 Å². The molecule has 0 spiro atoms. The summed E-state index contributed by atoms with van der Waals surface area (Å²) in [5, 5.41) is 2.96. The summed E-state index contributed by atoms with van der Waals surface area (Å²) < 4.78 is 0. The van der Waals surface area contributed by atoms with Crippen LogP contribution in [-0.4, -0.2) is 18.5 Å². The fourth-order valence-corrected chi connectivity index (χ4v) is 2.89. The van der Waals surface area contributed by atoms with E-state index in [9.17, 15) is 4.79 Å². The number of amides is 1. The van der Waals surface area contributed by atoms with E-state index in [4.69, 9.17) is 5.73 Å². The van der Waals surface area contributed by atoms with Crippen molar-refractivity contribution in [1.82, 2.24) is 5.32 Å². The summed E-state index contributed by atoms with van der Waals surface area (Å²) in [6.45, 7) is 6.99. The summed E-state index contributed by atoms with van der Waals surface area (Å²) in [6, 6.07) is 8.16. The van der Waals surface area contributed by atoms with Gasteiger partial charge in [0.15, 0.2) is 0 Å². The molecule has 0 aromatic heterocycles.